The van der Waals surface area contributed by atoms with Crippen LogP contribution in [0.3, 0.4) is 0 Å². The quantitative estimate of drug-likeness (QED) is 0.871. The molecule has 0 bridgehead atoms. The fourth-order valence-corrected chi connectivity index (χ4v) is 3.28. The van der Waals surface area contributed by atoms with Gasteiger partial charge in [-0.2, -0.15) is 4.31 Å². The van der Waals surface area contributed by atoms with Crippen LogP contribution in [-0.2, 0) is 14.8 Å². The van der Waals surface area contributed by atoms with Crippen molar-refractivity contribution in [1.29, 1.82) is 0 Å². The molecular weight excluding hydrogens is 266 g/mol. The second-order valence-corrected chi connectivity index (χ2v) is 6.59. The summed E-state index contributed by atoms with van der Waals surface area (Å²) in [7, 11) is -0.203. The summed E-state index contributed by atoms with van der Waals surface area (Å²) in [5.74, 6) is 0.534. The number of anilines is 1. The molecule has 1 saturated heterocycles. The van der Waals surface area contributed by atoms with Gasteiger partial charge >= 0.3 is 0 Å². The number of sulfonamides is 1. The summed E-state index contributed by atoms with van der Waals surface area (Å²) in [5.41, 5.74) is 0. The van der Waals surface area contributed by atoms with Crippen LogP contribution in [0.5, 0.6) is 0 Å². The molecule has 1 aliphatic rings. The highest BCUT2D eigenvalue weighted by Crippen LogP contribution is 2.19. The third-order valence-corrected chi connectivity index (χ3v) is 5.00. The zero-order valence-electron chi connectivity index (χ0n) is 11.2. The minimum absolute atomic E-state index is 0.00498. The fraction of sp³-hybridized carbons (Fsp3) is 0.583. The molecule has 2 heterocycles. The van der Waals surface area contributed by atoms with Gasteiger partial charge in [-0.3, -0.25) is 0 Å². The Labute approximate surface area is 113 Å². The number of pyridine rings is 1. The molecular formula is C12H19N3O3S. The van der Waals surface area contributed by atoms with Crippen LogP contribution in [0.2, 0.25) is 0 Å². The molecule has 2 rings (SSSR count). The normalized spacial score (nSPS) is 19.8. The third-order valence-electron chi connectivity index (χ3n) is 3.18. The number of hydrogen-bond donors (Lipinski definition) is 1. The summed E-state index contributed by atoms with van der Waals surface area (Å²) in [5, 5.41) is 2.83. The lowest BCUT2D eigenvalue weighted by molar-refractivity contribution is 0.0979. The Bertz CT molecular complexity index is 527. The predicted molar refractivity (Wildman–Crippen MR) is 72.6 cm³/mol. The minimum atomic E-state index is -3.49. The molecule has 0 aliphatic carbocycles. The van der Waals surface area contributed by atoms with Gasteiger partial charge in [0.15, 0.2) is 0 Å². The molecule has 1 aromatic rings. The summed E-state index contributed by atoms with van der Waals surface area (Å²) in [6, 6.07) is 3.03. The number of likely N-dealkylation sites (N-methyl/N-ethyl adjacent to an activating group) is 1. The lowest BCUT2D eigenvalue weighted by Crippen LogP contribution is -2.34. The maximum Gasteiger partial charge on any atom is 0.243 e. The first-order chi connectivity index (χ1) is 9.04. The van der Waals surface area contributed by atoms with Gasteiger partial charge in [-0.25, -0.2) is 13.4 Å². The number of aromatic nitrogens is 1. The van der Waals surface area contributed by atoms with Crippen LogP contribution in [0.1, 0.15) is 12.8 Å². The molecule has 0 spiro atoms. The predicted octanol–water partition coefficient (Wildman–Crippen LogP) is 0.923. The minimum Gasteiger partial charge on any atom is -0.377 e. The summed E-state index contributed by atoms with van der Waals surface area (Å²) in [6.07, 6.45) is 3.40. The Kier molecular flexibility index (Phi) is 4.38. The van der Waals surface area contributed by atoms with Gasteiger partial charge in [0, 0.05) is 39.5 Å². The van der Waals surface area contributed by atoms with E-state index in [0.29, 0.717) is 12.4 Å². The van der Waals surface area contributed by atoms with Gasteiger partial charge in [0.25, 0.3) is 0 Å². The highest BCUT2D eigenvalue weighted by atomic mass is 32.2. The van der Waals surface area contributed by atoms with Crippen LogP contribution in [0.15, 0.2) is 23.2 Å². The van der Waals surface area contributed by atoms with E-state index in [9.17, 15) is 8.42 Å². The first-order valence-corrected chi connectivity index (χ1v) is 7.70. The van der Waals surface area contributed by atoms with Crippen molar-refractivity contribution >= 4 is 15.8 Å². The van der Waals surface area contributed by atoms with Crippen molar-refractivity contribution < 1.29 is 13.2 Å². The van der Waals surface area contributed by atoms with E-state index in [1.807, 2.05) is 0 Å². The van der Waals surface area contributed by atoms with Crippen LogP contribution < -0.4 is 5.32 Å². The zero-order valence-corrected chi connectivity index (χ0v) is 12.0. The molecule has 1 aliphatic heterocycles. The lowest BCUT2D eigenvalue weighted by atomic mass is 10.2. The van der Waals surface area contributed by atoms with Crippen LogP contribution in [-0.4, -0.2) is 51.1 Å². The molecule has 1 fully saturated rings. The van der Waals surface area contributed by atoms with E-state index >= 15 is 0 Å². The van der Waals surface area contributed by atoms with Crippen molar-refractivity contribution in [3.05, 3.63) is 18.3 Å². The Balaban J connectivity index is 2.15. The molecule has 7 heteroatoms. The van der Waals surface area contributed by atoms with Crippen LogP contribution in [0.25, 0.3) is 0 Å². The molecule has 19 heavy (non-hydrogen) atoms. The van der Waals surface area contributed by atoms with E-state index in [4.69, 9.17) is 4.74 Å². The largest absolute Gasteiger partial charge is 0.377 e. The highest BCUT2D eigenvalue weighted by molar-refractivity contribution is 7.89. The Morgan fingerprint density at radius 1 is 1.58 bits per heavy atom. The molecule has 0 radical (unpaired) electrons. The number of nitrogens with zero attached hydrogens (tertiary/aromatic N) is 2. The van der Waals surface area contributed by atoms with Crippen LogP contribution in [0.4, 0.5) is 5.82 Å². The average Bonchev–Trinajstić information content (AvgIpc) is 2.91. The maximum atomic E-state index is 12.4. The van der Waals surface area contributed by atoms with Gasteiger partial charge in [-0.05, 0) is 18.9 Å². The van der Waals surface area contributed by atoms with Crippen molar-refractivity contribution in [3.63, 3.8) is 0 Å². The maximum absolute atomic E-state index is 12.4. The molecule has 6 nitrogen and oxygen atoms in total. The molecule has 0 saturated carbocycles. The first kappa shape index (κ1) is 14.2. The van der Waals surface area contributed by atoms with E-state index in [2.05, 4.69) is 10.3 Å². The fourth-order valence-electron chi connectivity index (χ4n) is 2.06. The van der Waals surface area contributed by atoms with Gasteiger partial charge in [0.05, 0.1) is 11.0 Å². The molecule has 1 atom stereocenters. The van der Waals surface area contributed by atoms with Gasteiger partial charge < -0.3 is 10.1 Å². The van der Waals surface area contributed by atoms with Crippen molar-refractivity contribution in [2.24, 2.45) is 0 Å². The van der Waals surface area contributed by atoms with Gasteiger partial charge in [0.1, 0.15) is 5.82 Å². The Hall–Kier alpha value is -1.18. The molecule has 1 N–H and O–H groups in total. The van der Waals surface area contributed by atoms with Gasteiger partial charge in [-0.1, -0.05) is 0 Å². The van der Waals surface area contributed by atoms with Gasteiger partial charge in [-0.15, -0.1) is 0 Å². The molecule has 0 amide bonds. The van der Waals surface area contributed by atoms with Gasteiger partial charge in [0.2, 0.25) is 10.0 Å². The van der Waals surface area contributed by atoms with E-state index in [-0.39, 0.29) is 11.0 Å². The highest BCUT2D eigenvalue weighted by Gasteiger charge is 2.26. The van der Waals surface area contributed by atoms with Crippen molar-refractivity contribution in [2.45, 2.75) is 23.8 Å². The van der Waals surface area contributed by atoms with Crippen molar-refractivity contribution in [1.82, 2.24) is 9.29 Å². The standard InChI is InChI=1S/C12H19N3O3S/c1-13-12-8-11(5-6-14-12)19(16,17)15(2)9-10-4-3-7-18-10/h5-6,8,10H,3-4,7,9H2,1-2H3,(H,13,14). The SMILES string of the molecule is CNc1cc(S(=O)(=O)N(C)CC2CCCO2)ccn1. The number of hydrogen-bond acceptors (Lipinski definition) is 5. The van der Waals surface area contributed by atoms with Crippen LogP contribution >= 0.6 is 0 Å². The second-order valence-electron chi connectivity index (χ2n) is 4.55. The molecule has 1 aromatic heterocycles. The average molecular weight is 285 g/mol. The number of nitrogens with one attached hydrogen (secondary N) is 1. The number of ether oxygens (including phenoxy) is 1. The Morgan fingerprint density at radius 2 is 2.37 bits per heavy atom. The molecule has 0 aromatic carbocycles. The van der Waals surface area contributed by atoms with Crippen LogP contribution in [0, 0.1) is 0 Å². The third kappa shape index (κ3) is 3.23. The monoisotopic (exact) mass is 285 g/mol. The Morgan fingerprint density at radius 3 is 3.00 bits per heavy atom. The summed E-state index contributed by atoms with van der Waals surface area (Å²) in [6.45, 7) is 1.11. The lowest BCUT2D eigenvalue weighted by Gasteiger charge is -2.20. The first-order valence-electron chi connectivity index (χ1n) is 6.26. The van der Waals surface area contributed by atoms with E-state index < -0.39 is 10.0 Å². The summed E-state index contributed by atoms with van der Waals surface area (Å²) >= 11 is 0. The van der Waals surface area contributed by atoms with Crippen molar-refractivity contribution in [3.8, 4) is 0 Å². The zero-order chi connectivity index (χ0) is 13.9. The topological polar surface area (TPSA) is 71.5 Å². The van der Waals surface area contributed by atoms with E-state index in [0.717, 1.165) is 19.4 Å². The second kappa shape index (κ2) is 5.85. The summed E-state index contributed by atoms with van der Waals surface area (Å²) in [4.78, 5) is 4.26. The van der Waals surface area contributed by atoms with Crippen molar-refractivity contribution in [2.75, 3.05) is 32.6 Å². The smallest absolute Gasteiger partial charge is 0.243 e. The molecule has 106 valence electrons. The number of rotatable bonds is 5. The van der Waals surface area contributed by atoms with E-state index in [1.165, 1.54) is 22.6 Å². The van der Waals surface area contributed by atoms with E-state index in [1.54, 1.807) is 14.1 Å². The summed E-state index contributed by atoms with van der Waals surface area (Å²) < 4.78 is 31.6. The molecule has 1 unspecified atom stereocenters.